The lowest BCUT2D eigenvalue weighted by molar-refractivity contribution is 0.0678. The second-order valence-electron chi connectivity index (χ2n) is 7.00. The minimum absolute atomic E-state index is 0.0470. The Morgan fingerprint density at radius 1 is 1.17 bits per heavy atom. The van der Waals surface area contributed by atoms with Gasteiger partial charge in [0.2, 0.25) is 0 Å². The zero-order valence-corrected chi connectivity index (χ0v) is 19.8. The lowest BCUT2D eigenvalue weighted by Crippen LogP contribution is -2.33. The normalized spacial score (nSPS) is 10.8. The number of carbonyl (C=O) groups is 1. The van der Waals surface area contributed by atoms with Crippen molar-refractivity contribution >= 4 is 33.2 Å². The first-order chi connectivity index (χ1) is 14.5. The molecule has 0 aliphatic heterocycles. The molecule has 5 nitrogen and oxygen atoms in total. The lowest BCUT2D eigenvalue weighted by Gasteiger charge is -2.21. The van der Waals surface area contributed by atoms with Gasteiger partial charge in [-0.15, -0.1) is 11.3 Å². The number of thiazole rings is 1. The van der Waals surface area contributed by atoms with Gasteiger partial charge in [0.1, 0.15) is 17.4 Å². The molecule has 2 aromatic carbocycles. The Kier molecular flexibility index (Phi) is 8.01. The van der Waals surface area contributed by atoms with Gasteiger partial charge in [0.15, 0.2) is 0 Å². The molecule has 0 saturated heterocycles. The van der Waals surface area contributed by atoms with E-state index < -0.39 is 0 Å². The van der Waals surface area contributed by atoms with Gasteiger partial charge >= 0.3 is 0 Å². The molecular weight excluding hydrogens is 464 g/mol. The first-order valence-electron chi connectivity index (χ1n) is 9.63. The Labute approximate surface area is 189 Å². The van der Waals surface area contributed by atoms with E-state index in [1.165, 1.54) is 22.5 Å². The van der Waals surface area contributed by atoms with Gasteiger partial charge in [-0.2, -0.15) is 0 Å². The van der Waals surface area contributed by atoms with Crippen molar-refractivity contribution < 1.29 is 14.3 Å². The van der Waals surface area contributed by atoms with E-state index in [2.05, 4.69) is 40.8 Å². The zero-order valence-electron chi connectivity index (χ0n) is 17.4. The fourth-order valence-electron chi connectivity index (χ4n) is 2.89. The molecular formula is C23H25BrN2O3S. The van der Waals surface area contributed by atoms with Crippen molar-refractivity contribution in [3.63, 3.8) is 0 Å². The van der Waals surface area contributed by atoms with Crippen molar-refractivity contribution in [2.45, 2.75) is 27.0 Å². The molecule has 7 heteroatoms. The molecule has 1 aromatic heterocycles. The van der Waals surface area contributed by atoms with Gasteiger partial charge in [0.25, 0.3) is 5.91 Å². The first kappa shape index (κ1) is 22.5. The van der Waals surface area contributed by atoms with Crippen LogP contribution in [0.1, 0.15) is 32.2 Å². The van der Waals surface area contributed by atoms with Crippen LogP contribution in [0.15, 0.2) is 52.3 Å². The summed E-state index contributed by atoms with van der Waals surface area (Å²) in [5.74, 6) is 0.788. The summed E-state index contributed by atoms with van der Waals surface area (Å²) in [4.78, 5) is 19.4. The number of nitrogens with zero attached hydrogens (tertiary/aromatic N) is 2. The summed E-state index contributed by atoms with van der Waals surface area (Å²) in [7, 11) is 1.63. The van der Waals surface area contributed by atoms with Gasteiger partial charge in [-0.3, -0.25) is 4.79 Å². The number of hydrogen-bond donors (Lipinski definition) is 0. The van der Waals surface area contributed by atoms with Gasteiger partial charge in [-0.1, -0.05) is 28.1 Å². The van der Waals surface area contributed by atoms with Gasteiger partial charge in [-0.05, 0) is 55.3 Å². The van der Waals surface area contributed by atoms with Crippen LogP contribution in [0.25, 0.3) is 0 Å². The number of halogens is 1. The monoisotopic (exact) mass is 488 g/mol. The van der Waals surface area contributed by atoms with Gasteiger partial charge < -0.3 is 14.4 Å². The molecule has 0 unspecified atom stereocenters. The maximum Gasteiger partial charge on any atom is 0.254 e. The molecule has 0 N–H and O–H groups in total. The minimum atomic E-state index is -0.0470. The van der Waals surface area contributed by atoms with E-state index in [1.807, 2.05) is 41.8 Å². The van der Waals surface area contributed by atoms with Gasteiger partial charge in [0.05, 0.1) is 18.8 Å². The molecule has 0 radical (unpaired) electrons. The minimum Gasteiger partial charge on any atom is -0.486 e. The summed E-state index contributed by atoms with van der Waals surface area (Å²) >= 11 is 4.97. The number of ether oxygens (including phenoxy) is 2. The second-order valence-corrected chi connectivity index (χ2v) is 8.86. The highest BCUT2D eigenvalue weighted by molar-refractivity contribution is 9.10. The van der Waals surface area contributed by atoms with Crippen LogP contribution in [0.4, 0.5) is 0 Å². The maximum atomic E-state index is 13.0. The number of carbonyl (C=O) groups excluding carboxylic acids is 1. The number of aryl methyl sites for hydroxylation is 2. The number of amides is 1. The lowest BCUT2D eigenvalue weighted by atomic mass is 10.1. The van der Waals surface area contributed by atoms with E-state index in [1.54, 1.807) is 12.0 Å². The smallest absolute Gasteiger partial charge is 0.254 e. The summed E-state index contributed by atoms with van der Waals surface area (Å²) in [6, 6.07) is 13.5. The number of rotatable bonds is 9. The molecule has 3 rings (SSSR count). The van der Waals surface area contributed by atoms with Crippen LogP contribution < -0.4 is 4.74 Å². The van der Waals surface area contributed by atoms with Crippen LogP contribution in [0, 0.1) is 13.8 Å². The number of aromatic nitrogens is 1. The number of benzene rings is 2. The Morgan fingerprint density at radius 3 is 2.73 bits per heavy atom. The van der Waals surface area contributed by atoms with Crippen molar-refractivity contribution in [2.24, 2.45) is 0 Å². The standard InChI is InChI=1S/C23H25BrN2O3S/c1-16-7-8-21(11-17(16)2)29-14-22-25-20(15-30-22)13-26(9-10-28-3)23(27)18-5-4-6-19(24)12-18/h4-8,11-12,15H,9-10,13-14H2,1-3H3. The highest BCUT2D eigenvalue weighted by Crippen LogP contribution is 2.20. The van der Waals surface area contributed by atoms with Crippen LogP contribution >= 0.6 is 27.3 Å². The highest BCUT2D eigenvalue weighted by atomic mass is 79.9. The quantitative estimate of drug-likeness (QED) is 0.405. The zero-order chi connectivity index (χ0) is 21.5. The van der Waals surface area contributed by atoms with Crippen LogP contribution in [-0.4, -0.2) is 36.1 Å². The summed E-state index contributed by atoms with van der Waals surface area (Å²) in [6.45, 7) is 5.94. The summed E-state index contributed by atoms with van der Waals surface area (Å²) in [5, 5.41) is 2.86. The molecule has 158 valence electrons. The molecule has 3 aromatic rings. The van der Waals surface area contributed by atoms with E-state index >= 15 is 0 Å². The van der Waals surface area contributed by atoms with Crippen LogP contribution in [0.2, 0.25) is 0 Å². The Balaban J connectivity index is 1.65. The second kappa shape index (κ2) is 10.7. The van der Waals surface area contributed by atoms with Crippen molar-refractivity contribution in [3.05, 3.63) is 79.7 Å². The Bertz CT molecular complexity index is 1010. The third-order valence-electron chi connectivity index (χ3n) is 4.72. The fourth-order valence-corrected chi connectivity index (χ4v) is 3.99. The van der Waals surface area contributed by atoms with E-state index in [0.717, 1.165) is 20.9 Å². The molecule has 0 bridgehead atoms. The molecule has 0 saturated carbocycles. The molecule has 0 spiro atoms. The largest absolute Gasteiger partial charge is 0.486 e. The molecule has 0 aliphatic rings. The predicted molar refractivity (Wildman–Crippen MR) is 123 cm³/mol. The Hall–Kier alpha value is -2.22. The highest BCUT2D eigenvalue weighted by Gasteiger charge is 2.18. The van der Waals surface area contributed by atoms with E-state index in [-0.39, 0.29) is 5.91 Å². The Morgan fingerprint density at radius 2 is 2.00 bits per heavy atom. The molecule has 0 fully saturated rings. The molecule has 0 atom stereocenters. The fraction of sp³-hybridized carbons (Fsp3) is 0.304. The topological polar surface area (TPSA) is 51.7 Å². The van der Waals surface area contributed by atoms with Crippen molar-refractivity contribution in [3.8, 4) is 5.75 Å². The summed E-state index contributed by atoms with van der Waals surface area (Å²) in [6.07, 6.45) is 0. The van der Waals surface area contributed by atoms with Crippen molar-refractivity contribution in [2.75, 3.05) is 20.3 Å². The molecule has 1 amide bonds. The molecule has 0 aliphatic carbocycles. The average molecular weight is 489 g/mol. The van der Waals surface area contributed by atoms with Gasteiger partial charge in [0, 0.05) is 29.1 Å². The van der Waals surface area contributed by atoms with Crippen LogP contribution in [-0.2, 0) is 17.9 Å². The summed E-state index contributed by atoms with van der Waals surface area (Å²) < 4.78 is 11.9. The summed E-state index contributed by atoms with van der Waals surface area (Å²) in [5.41, 5.74) is 3.92. The molecule has 30 heavy (non-hydrogen) atoms. The number of methoxy groups -OCH3 is 1. The number of hydrogen-bond acceptors (Lipinski definition) is 5. The van der Waals surface area contributed by atoms with E-state index in [9.17, 15) is 4.79 Å². The van der Waals surface area contributed by atoms with Crippen molar-refractivity contribution in [1.82, 2.24) is 9.88 Å². The molecule has 1 heterocycles. The maximum absolute atomic E-state index is 13.0. The third kappa shape index (κ3) is 6.14. The SMILES string of the molecule is COCCN(Cc1csc(COc2ccc(C)c(C)c2)n1)C(=O)c1cccc(Br)c1. The van der Waals surface area contributed by atoms with E-state index in [4.69, 9.17) is 9.47 Å². The average Bonchev–Trinajstić information content (AvgIpc) is 3.19. The van der Waals surface area contributed by atoms with Crippen LogP contribution in [0.3, 0.4) is 0 Å². The predicted octanol–water partition coefficient (Wildman–Crippen LogP) is 5.39. The van der Waals surface area contributed by atoms with Crippen molar-refractivity contribution in [1.29, 1.82) is 0 Å². The first-order valence-corrected chi connectivity index (χ1v) is 11.3. The van der Waals surface area contributed by atoms with Gasteiger partial charge in [-0.25, -0.2) is 4.98 Å². The third-order valence-corrected chi connectivity index (χ3v) is 6.08. The van der Waals surface area contributed by atoms with Crippen LogP contribution in [0.5, 0.6) is 5.75 Å². The van der Waals surface area contributed by atoms with E-state index in [0.29, 0.717) is 31.9 Å².